The maximum atomic E-state index is 5.98. The third kappa shape index (κ3) is 4.04. The summed E-state index contributed by atoms with van der Waals surface area (Å²) in [4.78, 5) is 4.92. The van der Waals surface area contributed by atoms with Gasteiger partial charge in [-0.3, -0.25) is 0 Å². The molecule has 4 aromatic carbocycles. The van der Waals surface area contributed by atoms with Gasteiger partial charge in [-0.15, -0.1) is 0 Å². The lowest BCUT2D eigenvalue weighted by molar-refractivity contribution is 0.669. The van der Waals surface area contributed by atoms with Crippen molar-refractivity contribution in [3.8, 4) is 33.6 Å². The van der Waals surface area contributed by atoms with Crippen molar-refractivity contribution in [3.05, 3.63) is 115 Å². The highest BCUT2D eigenvalue weighted by molar-refractivity contribution is 6.06. The minimum Gasteiger partial charge on any atom is -0.456 e. The van der Waals surface area contributed by atoms with Gasteiger partial charge in [0.05, 0.1) is 11.4 Å². The summed E-state index contributed by atoms with van der Waals surface area (Å²) >= 11 is 0. The van der Waals surface area contributed by atoms with Crippen LogP contribution in [0.15, 0.2) is 120 Å². The molecule has 0 aliphatic carbocycles. The molecule has 0 atom stereocenters. The Balaban J connectivity index is 0.00000111. The summed E-state index contributed by atoms with van der Waals surface area (Å²) in [6, 6.07) is 39.6. The molecular formula is C31H25NO. The second-order valence-electron chi connectivity index (χ2n) is 7.66. The lowest BCUT2D eigenvalue weighted by atomic mass is 9.99. The zero-order valence-corrected chi connectivity index (χ0v) is 18.8. The first kappa shape index (κ1) is 20.7. The number of para-hydroxylation sites is 1. The third-order valence-corrected chi connectivity index (χ3v) is 5.69. The van der Waals surface area contributed by atoms with Crippen LogP contribution < -0.4 is 0 Å². The van der Waals surface area contributed by atoms with Crippen LogP contribution in [-0.2, 0) is 0 Å². The van der Waals surface area contributed by atoms with E-state index >= 15 is 0 Å². The smallest absolute Gasteiger partial charge is 0.135 e. The number of benzene rings is 4. The van der Waals surface area contributed by atoms with Crippen molar-refractivity contribution in [1.29, 1.82) is 0 Å². The molecule has 0 aliphatic rings. The number of pyridine rings is 1. The van der Waals surface area contributed by atoms with Crippen LogP contribution in [0.4, 0.5) is 0 Å². The van der Waals surface area contributed by atoms with Crippen LogP contribution in [-0.4, -0.2) is 4.98 Å². The minimum absolute atomic E-state index is 0.915. The van der Waals surface area contributed by atoms with E-state index in [0.29, 0.717) is 0 Å². The molecule has 6 rings (SSSR count). The Morgan fingerprint density at radius 2 is 1.06 bits per heavy atom. The SMILES string of the molecule is CC.c1ccc(-c2cccc(-c3cccc(-c4ccc5oc6ccccc6c5c4)c3)n2)cc1. The van der Waals surface area contributed by atoms with Crippen molar-refractivity contribution >= 4 is 21.9 Å². The zero-order chi connectivity index (χ0) is 22.6. The van der Waals surface area contributed by atoms with Gasteiger partial charge in [0, 0.05) is 21.9 Å². The number of aromatic nitrogens is 1. The number of hydrogen-bond acceptors (Lipinski definition) is 2. The van der Waals surface area contributed by atoms with Gasteiger partial charge in [0.15, 0.2) is 0 Å². The summed E-state index contributed by atoms with van der Waals surface area (Å²) in [7, 11) is 0. The van der Waals surface area contributed by atoms with Crippen LogP contribution in [0.5, 0.6) is 0 Å². The normalized spacial score (nSPS) is 10.7. The van der Waals surface area contributed by atoms with E-state index in [2.05, 4.69) is 84.9 Å². The van der Waals surface area contributed by atoms with Crippen LogP contribution >= 0.6 is 0 Å². The summed E-state index contributed by atoms with van der Waals surface area (Å²) in [6.45, 7) is 4.00. The van der Waals surface area contributed by atoms with Gasteiger partial charge in [-0.25, -0.2) is 4.98 Å². The summed E-state index contributed by atoms with van der Waals surface area (Å²) in [6.07, 6.45) is 0. The second kappa shape index (κ2) is 9.13. The molecule has 0 fully saturated rings. The maximum Gasteiger partial charge on any atom is 0.135 e. The predicted octanol–water partition coefficient (Wildman–Crippen LogP) is 9.01. The minimum atomic E-state index is 0.915. The number of fused-ring (bicyclic) bond motifs is 3. The first-order chi connectivity index (χ1) is 16.3. The number of furan rings is 1. The van der Waals surface area contributed by atoms with Crippen molar-refractivity contribution in [2.45, 2.75) is 13.8 Å². The van der Waals surface area contributed by atoms with Gasteiger partial charge < -0.3 is 4.42 Å². The zero-order valence-electron chi connectivity index (χ0n) is 18.8. The van der Waals surface area contributed by atoms with Crippen molar-refractivity contribution in [1.82, 2.24) is 4.98 Å². The highest BCUT2D eigenvalue weighted by Gasteiger charge is 2.09. The molecule has 0 aliphatic heterocycles. The fraction of sp³-hybridized carbons (Fsp3) is 0.0645. The van der Waals surface area contributed by atoms with Crippen LogP contribution in [0, 0.1) is 0 Å². The first-order valence-electron chi connectivity index (χ1n) is 11.4. The Kier molecular flexibility index (Phi) is 5.73. The van der Waals surface area contributed by atoms with E-state index in [1.165, 1.54) is 5.56 Å². The Morgan fingerprint density at radius 3 is 1.91 bits per heavy atom. The predicted molar refractivity (Wildman–Crippen MR) is 139 cm³/mol. The summed E-state index contributed by atoms with van der Waals surface area (Å²) < 4.78 is 5.98. The molecule has 0 amide bonds. The average Bonchev–Trinajstić information content (AvgIpc) is 3.28. The van der Waals surface area contributed by atoms with E-state index in [1.54, 1.807) is 0 Å². The highest BCUT2D eigenvalue weighted by atomic mass is 16.3. The molecular weight excluding hydrogens is 402 g/mol. The van der Waals surface area contributed by atoms with E-state index in [1.807, 2.05) is 44.2 Å². The van der Waals surface area contributed by atoms with E-state index < -0.39 is 0 Å². The van der Waals surface area contributed by atoms with Crippen LogP contribution in [0.3, 0.4) is 0 Å². The Hall–Kier alpha value is -4.17. The van der Waals surface area contributed by atoms with Crippen molar-refractivity contribution in [2.75, 3.05) is 0 Å². The molecule has 0 N–H and O–H groups in total. The summed E-state index contributed by atoms with van der Waals surface area (Å²) in [5, 5.41) is 2.29. The number of hydrogen-bond donors (Lipinski definition) is 0. The molecule has 6 aromatic rings. The van der Waals surface area contributed by atoms with Crippen molar-refractivity contribution < 1.29 is 4.42 Å². The Bertz CT molecular complexity index is 1530. The fourth-order valence-electron chi connectivity index (χ4n) is 4.13. The molecule has 0 spiro atoms. The molecule has 33 heavy (non-hydrogen) atoms. The van der Waals surface area contributed by atoms with Crippen LogP contribution in [0.25, 0.3) is 55.6 Å². The molecule has 0 bridgehead atoms. The van der Waals surface area contributed by atoms with Gasteiger partial charge >= 0.3 is 0 Å². The molecule has 160 valence electrons. The lowest BCUT2D eigenvalue weighted by Gasteiger charge is -2.08. The molecule has 0 unspecified atom stereocenters. The van der Waals surface area contributed by atoms with Gasteiger partial charge in [-0.2, -0.15) is 0 Å². The first-order valence-corrected chi connectivity index (χ1v) is 11.4. The molecule has 2 aromatic heterocycles. The molecule has 2 nitrogen and oxygen atoms in total. The molecule has 2 heterocycles. The molecule has 2 heteroatoms. The monoisotopic (exact) mass is 427 g/mol. The molecule has 0 saturated heterocycles. The molecule has 0 saturated carbocycles. The van der Waals surface area contributed by atoms with Gasteiger partial charge in [0.2, 0.25) is 0 Å². The summed E-state index contributed by atoms with van der Waals surface area (Å²) in [5.74, 6) is 0. The second-order valence-corrected chi connectivity index (χ2v) is 7.66. The van der Waals surface area contributed by atoms with Gasteiger partial charge in [0.25, 0.3) is 0 Å². The van der Waals surface area contributed by atoms with E-state index in [9.17, 15) is 0 Å². The Labute approximate surface area is 194 Å². The number of rotatable bonds is 3. The topological polar surface area (TPSA) is 26.0 Å². The van der Waals surface area contributed by atoms with Crippen molar-refractivity contribution in [2.24, 2.45) is 0 Å². The largest absolute Gasteiger partial charge is 0.456 e. The lowest BCUT2D eigenvalue weighted by Crippen LogP contribution is -1.88. The van der Waals surface area contributed by atoms with Gasteiger partial charge in [-0.1, -0.05) is 92.7 Å². The van der Waals surface area contributed by atoms with E-state index in [0.717, 1.165) is 50.0 Å². The summed E-state index contributed by atoms with van der Waals surface area (Å²) in [5.41, 5.74) is 8.35. The maximum absolute atomic E-state index is 5.98. The quantitative estimate of drug-likeness (QED) is 0.282. The van der Waals surface area contributed by atoms with Gasteiger partial charge in [0.1, 0.15) is 11.2 Å². The average molecular weight is 428 g/mol. The van der Waals surface area contributed by atoms with Gasteiger partial charge in [-0.05, 0) is 47.5 Å². The number of nitrogens with zero attached hydrogens (tertiary/aromatic N) is 1. The van der Waals surface area contributed by atoms with Crippen LogP contribution in [0.2, 0.25) is 0 Å². The standard InChI is InChI=1S/C29H19NO.C2H6/c1-2-8-20(9-3-1)26-13-7-14-27(30-26)23-11-6-10-21(18-23)22-16-17-29-25(19-22)24-12-4-5-15-28(24)31-29;1-2/h1-19H;1-2H3. The Morgan fingerprint density at radius 1 is 0.455 bits per heavy atom. The third-order valence-electron chi connectivity index (χ3n) is 5.69. The van der Waals surface area contributed by atoms with Crippen molar-refractivity contribution in [3.63, 3.8) is 0 Å². The highest BCUT2D eigenvalue weighted by Crippen LogP contribution is 2.33. The molecule has 0 radical (unpaired) electrons. The fourth-order valence-corrected chi connectivity index (χ4v) is 4.13. The van der Waals surface area contributed by atoms with E-state index in [4.69, 9.17) is 9.40 Å². The van der Waals surface area contributed by atoms with E-state index in [-0.39, 0.29) is 0 Å². The van der Waals surface area contributed by atoms with Crippen LogP contribution in [0.1, 0.15) is 13.8 Å².